The number of nitrogens with one attached hydrogen (secondary N) is 1. The molecule has 7 nitrogen and oxygen atoms in total. The number of amides is 1. The molecule has 0 aromatic carbocycles. The second-order valence-electron chi connectivity index (χ2n) is 11.4. The Morgan fingerprint density at radius 3 is 2.81 bits per heavy atom. The Bertz CT molecular complexity index is 991. The van der Waals surface area contributed by atoms with Crippen molar-refractivity contribution < 1.29 is 19.2 Å². The fraction of sp³-hybridized carbons (Fsp3) is 0.633. The van der Waals surface area contributed by atoms with Gasteiger partial charge >= 0.3 is 5.97 Å². The number of hydrogen-bond acceptors (Lipinski definition) is 5. The molecule has 1 amide bonds. The molecule has 1 aromatic heterocycles. The van der Waals surface area contributed by atoms with Crippen molar-refractivity contribution in [3.8, 4) is 0 Å². The highest BCUT2D eigenvalue weighted by molar-refractivity contribution is 5.93. The van der Waals surface area contributed by atoms with Gasteiger partial charge in [-0.15, -0.1) is 6.58 Å². The van der Waals surface area contributed by atoms with Crippen LogP contribution < -0.4 is 5.32 Å². The Kier molecular flexibility index (Phi) is 9.78. The van der Waals surface area contributed by atoms with E-state index in [0.29, 0.717) is 49.0 Å². The highest BCUT2D eigenvalue weighted by Gasteiger charge is 2.37. The first-order valence-corrected chi connectivity index (χ1v) is 14.1. The Morgan fingerprint density at radius 1 is 1.22 bits per heavy atom. The fourth-order valence-electron chi connectivity index (χ4n) is 6.14. The number of nitrogens with zero attached hydrogens (tertiary/aromatic N) is 2. The second kappa shape index (κ2) is 13.2. The fourth-order valence-corrected chi connectivity index (χ4v) is 6.14. The molecule has 1 saturated heterocycles. The Balaban J connectivity index is 1.26. The van der Waals surface area contributed by atoms with Gasteiger partial charge in [0.2, 0.25) is 0 Å². The molecule has 4 rings (SSSR count). The first-order chi connectivity index (χ1) is 17.9. The van der Waals surface area contributed by atoms with Crippen LogP contribution in [0.2, 0.25) is 0 Å². The molecule has 2 aliphatic carbocycles. The smallest absolute Gasteiger partial charge is 0.309 e. The number of fused-ring (bicyclic) bond motifs is 4. The number of likely N-dealkylation sites (tertiary alicyclic amines) is 1. The van der Waals surface area contributed by atoms with Crippen molar-refractivity contribution in [1.82, 2.24) is 15.4 Å². The van der Waals surface area contributed by atoms with Crippen LogP contribution in [-0.4, -0.2) is 53.2 Å². The lowest BCUT2D eigenvalue weighted by Crippen LogP contribution is -2.50. The van der Waals surface area contributed by atoms with Gasteiger partial charge in [0.1, 0.15) is 5.76 Å². The molecule has 1 aliphatic heterocycles. The Labute approximate surface area is 221 Å². The monoisotopic (exact) mass is 509 g/mol. The van der Waals surface area contributed by atoms with Crippen LogP contribution in [0.5, 0.6) is 0 Å². The summed E-state index contributed by atoms with van der Waals surface area (Å²) in [6.07, 6.45) is 19.6. The van der Waals surface area contributed by atoms with E-state index in [1.165, 1.54) is 6.42 Å². The van der Waals surface area contributed by atoms with E-state index in [1.807, 2.05) is 18.2 Å². The summed E-state index contributed by atoms with van der Waals surface area (Å²) in [6, 6.07) is 0. The number of aromatic nitrogens is 1. The molecule has 3 aliphatic rings. The van der Waals surface area contributed by atoms with E-state index >= 15 is 0 Å². The van der Waals surface area contributed by atoms with Crippen LogP contribution >= 0.6 is 0 Å². The van der Waals surface area contributed by atoms with Crippen LogP contribution in [0.4, 0.5) is 0 Å². The third-order valence-electron chi connectivity index (χ3n) is 8.41. The third-order valence-corrected chi connectivity index (χ3v) is 8.41. The maximum atomic E-state index is 13.0. The van der Waals surface area contributed by atoms with Gasteiger partial charge in [-0.3, -0.25) is 9.59 Å². The van der Waals surface area contributed by atoms with Crippen LogP contribution in [-0.2, 0) is 11.2 Å². The molecule has 2 heterocycles. The zero-order valence-electron chi connectivity index (χ0n) is 22.2. The van der Waals surface area contributed by atoms with Crippen LogP contribution in [0.25, 0.3) is 0 Å². The van der Waals surface area contributed by atoms with Crippen molar-refractivity contribution in [3.05, 3.63) is 54.0 Å². The zero-order chi connectivity index (χ0) is 26.2. The summed E-state index contributed by atoms with van der Waals surface area (Å²) < 4.78 is 5.84. The number of carboxylic acid groups (broad SMARTS) is 1. The average molecular weight is 510 g/mol. The summed E-state index contributed by atoms with van der Waals surface area (Å²) >= 11 is 0. The molecule has 4 unspecified atom stereocenters. The van der Waals surface area contributed by atoms with E-state index in [2.05, 4.69) is 41.0 Å². The molecule has 0 spiro atoms. The van der Waals surface area contributed by atoms with Gasteiger partial charge < -0.3 is 19.8 Å². The van der Waals surface area contributed by atoms with Crippen LogP contribution in [0.15, 0.2) is 41.5 Å². The number of carbonyl (C=O) groups excluding carboxylic acids is 1. The van der Waals surface area contributed by atoms with Crippen molar-refractivity contribution in [1.29, 1.82) is 0 Å². The minimum Gasteiger partial charge on any atom is -0.481 e. The molecule has 2 bridgehead atoms. The maximum absolute atomic E-state index is 13.0. The highest BCUT2D eigenvalue weighted by Crippen LogP contribution is 2.44. The molecule has 0 radical (unpaired) electrons. The van der Waals surface area contributed by atoms with Crippen molar-refractivity contribution in [2.45, 2.75) is 70.6 Å². The number of carbonyl (C=O) groups is 2. The molecule has 1 saturated carbocycles. The van der Waals surface area contributed by atoms with Crippen molar-refractivity contribution in [2.75, 3.05) is 26.2 Å². The van der Waals surface area contributed by atoms with E-state index in [9.17, 15) is 9.59 Å². The van der Waals surface area contributed by atoms with E-state index in [1.54, 1.807) is 0 Å². The lowest BCUT2D eigenvalue weighted by molar-refractivity contribution is -0.147. The number of allylic oxidation sites excluding steroid dienone is 5. The standard InChI is InChI=1S/C30H43N3O4/c1-3-4-5-6-7-8-9-21(2)18-31-29(34)27-26-13-11-23-16-22(10-12-24(17-23)28(26)37-32-27)14-15-33-19-25(20-33)30(35)36/h3,5-8,21-25H,1,4,9-20H2,2H3,(H,31,34)(H,35,36)/b6-5-,8-7-. The molecular weight excluding hydrogens is 466 g/mol. The van der Waals surface area contributed by atoms with Gasteiger partial charge in [0, 0.05) is 31.1 Å². The van der Waals surface area contributed by atoms with Crippen molar-refractivity contribution in [2.24, 2.45) is 23.7 Å². The van der Waals surface area contributed by atoms with E-state index in [-0.39, 0.29) is 11.8 Å². The molecule has 37 heavy (non-hydrogen) atoms. The molecule has 202 valence electrons. The van der Waals surface area contributed by atoms with Gasteiger partial charge in [0.25, 0.3) is 5.91 Å². The minimum absolute atomic E-state index is 0.118. The van der Waals surface area contributed by atoms with Crippen LogP contribution in [0, 0.1) is 23.7 Å². The lowest BCUT2D eigenvalue weighted by atomic mass is 9.87. The second-order valence-corrected chi connectivity index (χ2v) is 11.4. The molecular formula is C30H43N3O4. The number of aliphatic carboxylic acids is 1. The van der Waals surface area contributed by atoms with Crippen LogP contribution in [0.3, 0.4) is 0 Å². The van der Waals surface area contributed by atoms with Gasteiger partial charge in [0.05, 0.1) is 5.92 Å². The number of rotatable bonds is 12. The normalized spacial score (nSPS) is 25.3. The molecule has 7 heteroatoms. The van der Waals surface area contributed by atoms with Gasteiger partial charge in [-0.25, -0.2) is 0 Å². The Morgan fingerprint density at radius 2 is 2.03 bits per heavy atom. The van der Waals surface area contributed by atoms with Crippen molar-refractivity contribution >= 4 is 11.9 Å². The average Bonchev–Trinajstić information content (AvgIpc) is 3.07. The zero-order valence-corrected chi connectivity index (χ0v) is 22.2. The SMILES string of the molecule is C=CC/C=C\C=C/CC(C)CNC(=O)c1noc2c1CCC1CC(CCN3CC(C(=O)O)C3)CCC2C1. The summed E-state index contributed by atoms with van der Waals surface area (Å²) in [4.78, 5) is 26.3. The predicted molar refractivity (Wildman–Crippen MR) is 144 cm³/mol. The minimum atomic E-state index is -0.665. The van der Waals surface area contributed by atoms with E-state index < -0.39 is 5.97 Å². The van der Waals surface area contributed by atoms with Gasteiger partial charge in [-0.2, -0.15) is 0 Å². The molecule has 4 atom stereocenters. The highest BCUT2D eigenvalue weighted by atomic mass is 16.5. The van der Waals surface area contributed by atoms with Crippen molar-refractivity contribution in [3.63, 3.8) is 0 Å². The topological polar surface area (TPSA) is 95.7 Å². The van der Waals surface area contributed by atoms with Gasteiger partial charge in [-0.1, -0.05) is 42.5 Å². The molecule has 1 aromatic rings. The quantitative estimate of drug-likeness (QED) is 0.291. The predicted octanol–water partition coefficient (Wildman–Crippen LogP) is 5.36. The summed E-state index contributed by atoms with van der Waals surface area (Å²) in [6.45, 7) is 8.85. The summed E-state index contributed by atoms with van der Waals surface area (Å²) in [5, 5.41) is 16.4. The van der Waals surface area contributed by atoms with Crippen LogP contribution in [0.1, 0.15) is 86.0 Å². The summed E-state index contributed by atoms with van der Waals surface area (Å²) in [5.41, 5.74) is 1.52. The third kappa shape index (κ3) is 7.44. The molecule has 2 fully saturated rings. The Hall–Kier alpha value is -2.67. The first-order valence-electron chi connectivity index (χ1n) is 14.1. The summed E-state index contributed by atoms with van der Waals surface area (Å²) in [5.74, 6) is 2.00. The van der Waals surface area contributed by atoms with Gasteiger partial charge in [0.15, 0.2) is 5.69 Å². The number of carboxylic acids is 1. The largest absolute Gasteiger partial charge is 0.481 e. The maximum Gasteiger partial charge on any atom is 0.309 e. The van der Waals surface area contributed by atoms with E-state index in [4.69, 9.17) is 9.63 Å². The first kappa shape index (κ1) is 27.4. The molecule has 2 N–H and O–H groups in total. The number of hydrogen-bond donors (Lipinski definition) is 2. The van der Waals surface area contributed by atoms with E-state index in [0.717, 1.165) is 69.2 Å². The van der Waals surface area contributed by atoms with Gasteiger partial charge in [-0.05, 0) is 82.1 Å². The lowest BCUT2D eigenvalue weighted by Gasteiger charge is -2.37. The summed E-state index contributed by atoms with van der Waals surface area (Å²) in [7, 11) is 0.